The van der Waals surface area contributed by atoms with Crippen LogP contribution in [-0.2, 0) is 46.1 Å². The fourth-order valence-electron chi connectivity index (χ4n) is 10.6. The molecule has 22 heteroatoms. The Hall–Kier alpha value is -9.80. The van der Waals surface area contributed by atoms with Gasteiger partial charge in [-0.1, -0.05) is 60.7 Å². The van der Waals surface area contributed by atoms with Crippen LogP contribution in [0.15, 0.2) is 159 Å². The molecular formula is C66H78N14O8. The van der Waals surface area contributed by atoms with E-state index in [-0.39, 0.29) is 23.6 Å². The van der Waals surface area contributed by atoms with Crippen molar-refractivity contribution < 1.29 is 39.0 Å². The topological polar surface area (TPSA) is 251 Å². The molecule has 0 bridgehead atoms. The Labute approximate surface area is 512 Å². The molecule has 0 spiro atoms. The molecule has 460 valence electrons. The number of carboxylic acids is 2. The Morgan fingerprint density at radius 3 is 1.22 bits per heavy atom. The molecule has 2 fully saturated rings. The first-order valence-corrected chi connectivity index (χ1v) is 29.5. The van der Waals surface area contributed by atoms with Gasteiger partial charge >= 0.3 is 11.9 Å². The van der Waals surface area contributed by atoms with E-state index in [1.165, 1.54) is 0 Å². The standard InChI is InChI=1S/2C31H37N7O2.C4H4O4/c2*1-35(2)27-15-17-37(18-16-27)29(39)14-8-11-26-22-38(28-12-5-4-6-13-28)31(33-26)34-30(40)24-10-7-9-23(19-24)25-20-32-36(3)21-25;5-3(6)1-2-4(7)8/h2*4-7,9-10,12-13,19-22,27H,8,11,14-18H2,1-3H3,(H,33,34,40);1-2H,(H,5,6)(H,7,8)/b;;2-1+. The number of aromatic nitrogens is 8. The third-order valence-corrected chi connectivity index (χ3v) is 15.5. The molecule has 88 heavy (non-hydrogen) atoms. The monoisotopic (exact) mass is 1190 g/mol. The molecule has 0 unspecified atom stereocenters. The average molecular weight is 1200 g/mol. The summed E-state index contributed by atoms with van der Waals surface area (Å²) in [4.78, 5) is 89.4. The number of nitrogens with zero attached hydrogens (tertiary/aromatic N) is 12. The number of carbonyl (C=O) groups is 6. The highest BCUT2D eigenvalue weighted by Gasteiger charge is 2.26. The molecule has 4 aromatic heterocycles. The summed E-state index contributed by atoms with van der Waals surface area (Å²) in [5.74, 6) is -1.67. The second-order valence-electron chi connectivity index (χ2n) is 22.3. The summed E-state index contributed by atoms with van der Waals surface area (Å²) in [6, 6.07) is 35.7. The number of likely N-dealkylation sites (tertiary alicyclic amines) is 2. The van der Waals surface area contributed by atoms with Crippen LogP contribution in [0.2, 0.25) is 0 Å². The van der Waals surface area contributed by atoms with E-state index in [0.29, 0.717) is 85.8 Å². The molecule has 2 aliphatic heterocycles. The molecule has 4 aromatic carbocycles. The first-order valence-electron chi connectivity index (χ1n) is 29.5. The van der Waals surface area contributed by atoms with Gasteiger partial charge in [-0.25, -0.2) is 19.6 Å². The number of piperidine rings is 2. The van der Waals surface area contributed by atoms with Gasteiger partial charge in [0.05, 0.1) is 23.8 Å². The third kappa shape index (κ3) is 18.4. The number of anilines is 2. The molecule has 8 aromatic rings. The zero-order valence-corrected chi connectivity index (χ0v) is 50.8. The lowest BCUT2D eigenvalue weighted by Gasteiger charge is -2.35. The number of aryl methyl sites for hydroxylation is 4. The van der Waals surface area contributed by atoms with E-state index in [4.69, 9.17) is 20.2 Å². The molecule has 4 amide bonds. The number of hydrogen-bond acceptors (Lipinski definition) is 12. The molecular weight excluding hydrogens is 1120 g/mol. The van der Waals surface area contributed by atoms with Crippen LogP contribution < -0.4 is 10.6 Å². The number of carbonyl (C=O) groups excluding carboxylic acids is 4. The minimum atomic E-state index is -1.26. The molecule has 2 saturated heterocycles. The average Bonchev–Trinajstić information content (AvgIpc) is 3.77. The lowest BCUT2D eigenvalue weighted by molar-refractivity contribution is -0.134. The van der Waals surface area contributed by atoms with Gasteiger partial charge in [0.15, 0.2) is 0 Å². The summed E-state index contributed by atoms with van der Waals surface area (Å²) in [7, 11) is 12.1. The number of para-hydroxylation sites is 2. The second-order valence-corrected chi connectivity index (χ2v) is 22.3. The minimum Gasteiger partial charge on any atom is -0.478 e. The molecule has 0 aliphatic carbocycles. The maximum absolute atomic E-state index is 13.3. The molecule has 10 rings (SSSR count). The molecule has 6 heterocycles. The summed E-state index contributed by atoms with van der Waals surface area (Å²) in [5.41, 5.74) is 8.28. The fraction of sp³-hybridized carbons (Fsp3) is 0.333. The third-order valence-electron chi connectivity index (χ3n) is 15.5. The number of rotatable bonds is 20. The smallest absolute Gasteiger partial charge is 0.328 e. The van der Waals surface area contributed by atoms with Crippen LogP contribution in [-0.4, -0.2) is 170 Å². The minimum absolute atomic E-state index is 0.210. The highest BCUT2D eigenvalue weighted by molar-refractivity contribution is 6.05. The predicted molar refractivity (Wildman–Crippen MR) is 337 cm³/mol. The summed E-state index contributed by atoms with van der Waals surface area (Å²) >= 11 is 0. The van der Waals surface area contributed by atoms with Crippen LogP contribution in [0, 0.1) is 0 Å². The second kappa shape index (κ2) is 31.0. The summed E-state index contributed by atoms with van der Waals surface area (Å²) in [6.07, 6.45) is 20.2. The lowest BCUT2D eigenvalue weighted by atomic mass is 10.0. The van der Waals surface area contributed by atoms with Crippen molar-refractivity contribution in [3.63, 3.8) is 0 Å². The van der Waals surface area contributed by atoms with Crippen LogP contribution in [0.4, 0.5) is 11.9 Å². The summed E-state index contributed by atoms with van der Waals surface area (Å²) in [6.45, 7) is 3.29. The number of amides is 4. The van der Waals surface area contributed by atoms with E-state index >= 15 is 0 Å². The Morgan fingerprint density at radius 2 is 0.886 bits per heavy atom. The number of hydrogen-bond donors (Lipinski definition) is 4. The van der Waals surface area contributed by atoms with Gasteiger partial charge in [0.1, 0.15) is 0 Å². The van der Waals surface area contributed by atoms with E-state index in [1.807, 2.05) is 155 Å². The van der Waals surface area contributed by atoms with Crippen LogP contribution in [0.5, 0.6) is 0 Å². The largest absolute Gasteiger partial charge is 0.478 e. The van der Waals surface area contributed by atoms with Gasteiger partial charge in [-0.05, 0) is 139 Å². The number of benzene rings is 4. The number of aliphatic carboxylic acids is 2. The molecule has 4 N–H and O–H groups in total. The van der Waals surface area contributed by atoms with Crippen molar-refractivity contribution in [2.45, 2.75) is 76.3 Å². The maximum Gasteiger partial charge on any atom is 0.328 e. The van der Waals surface area contributed by atoms with Crippen molar-refractivity contribution in [3.8, 4) is 33.6 Å². The van der Waals surface area contributed by atoms with Gasteiger partial charge < -0.3 is 29.8 Å². The number of carboxylic acid groups (broad SMARTS) is 2. The van der Waals surface area contributed by atoms with E-state index < -0.39 is 11.9 Å². The normalized spacial score (nSPS) is 13.6. The van der Waals surface area contributed by atoms with Gasteiger partial charge in [-0.3, -0.25) is 48.3 Å². The molecule has 0 atom stereocenters. The van der Waals surface area contributed by atoms with Crippen molar-refractivity contribution in [3.05, 3.63) is 181 Å². The van der Waals surface area contributed by atoms with E-state index in [0.717, 1.165) is 96.9 Å². The first kappa shape index (κ1) is 64.2. The van der Waals surface area contributed by atoms with Crippen LogP contribution >= 0.6 is 0 Å². The maximum atomic E-state index is 13.3. The van der Waals surface area contributed by atoms with Gasteiger partial charge in [-0.15, -0.1) is 0 Å². The zero-order valence-electron chi connectivity index (χ0n) is 50.8. The van der Waals surface area contributed by atoms with Crippen LogP contribution in [0.3, 0.4) is 0 Å². The van der Waals surface area contributed by atoms with E-state index in [1.54, 1.807) is 33.9 Å². The Kier molecular flexibility index (Phi) is 22.6. The highest BCUT2D eigenvalue weighted by Crippen LogP contribution is 2.26. The van der Waals surface area contributed by atoms with E-state index in [9.17, 15) is 28.8 Å². The molecule has 22 nitrogen and oxygen atoms in total. The molecule has 0 saturated carbocycles. The predicted octanol–water partition coefficient (Wildman–Crippen LogP) is 8.51. The van der Waals surface area contributed by atoms with Gasteiger partial charge in [0.2, 0.25) is 23.7 Å². The zero-order chi connectivity index (χ0) is 62.7. The fourth-order valence-corrected chi connectivity index (χ4v) is 10.6. The summed E-state index contributed by atoms with van der Waals surface area (Å²) < 4.78 is 7.26. The molecule has 0 radical (unpaired) electrons. The Bertz CT molecular complexity index is 3420. The van der Waals surface area contributed by atoms with Gasteiger partial charge in [0, 0.05) is 136 Å². The van der Waals surface area contributed by atoms with Crippen LogP contribution in [0.1, 0.15) is 83.5 Å². The van der Waals surface area contributed by atoms with Crippen LogP contribution in [0.25, 0.3) is 33.6 Å². The van der Waals surface area contributed by atoms with Crippen molar-refractivity contribution in [1.82, 2.24) is 58.3 Å². The number of nitrogens with one attached hydrogen (secondary N) is 2. The molecule has 2 aliphatic rings. The van der Waals surface area contributed by atoms with Gasteiger partial charge in [0.25, 0.3) is 11.8 Å². The Balaban J connectivity index is 0.000000203. The lowest BCUT2D eigenvalue weighted by Crippen LogP contribution is -2.44. The van der Waals surface area contributed by atoms with Crippen molar-refractivity contribution in [1.29, 1.82) is 0 Å². The van der Waals surface area contributed by atoms with Crippen molar-refractivity contribution >= 4 is 47.5 Å². The van der Waals surface area contributed by atoms with Crippen molar-refractivity contribution in [2.75, 3.05) is 65.0 Å². The van der Waals surface area contributed by atoms with Gasteiger partial charge in [-0.2, -0.15) is 10.2 Å². The SMILES string of the molecule is CN(C)C1CCN(C(=O)CCCc2cn(-c3ccccc3)c(NC(=O)c3cccc(-c4cnn(C)c4)c3)n2)CC1.CN(C)C1CCN(C(=O)CCCc2cn(-c3ccccc3)c(NC(=O)c3cccc(-c4cnn(C)c4)c3)n2)CC1.O=C(O)/C=C/C(=O)O. The quantitative estimate of drug-likeness (QED) is 0.0522. The summed E-state index contributed by atoms with van der Waals surface area (Å²) in [5, 5.41) is 30.1. The highest BCUT2D eigenvalue weighted by atomic mass is 16.4. The first-order chi connectivity index (χ1) is 42.4. The van der Waals surface area contributed by atoms with Crippen molar-refractivity contribution in [2.24, 2.45) is 14.1 Å². The van der Waals surface area contributed by atoms with E-state index in [2.05, 4.69) is 58.8 Å². The Morgan fingerprint density at radius 1 is 0.511 bits per heavy atom. The number of imidazole rings is 2.